The van der Waals surface area contributed by atoms with Gasteiger partial charge in [0.05, 0.1) is 0 Å². The van der Waals surface area contributed by atoms with Crippen LogP contribution in [0.25, 0.3) is 0 Å². The summed E-state index contributed by atoms with van der Waals surface area (Å²) < 4.78 is 13.2. The fourth-order valence-corrected chi connectivity index (χ4v) is 3.46. The maximum Gasteiger partial charge on any atom is 0.241 e. The number of nitrogens with one attached hydrogen (secondary N) is 1. The van der Waals surface area contributed by atoms with Crippen LogP contribution >= 0.6 is 0 Å². The molecule has 0 aromatic heterocycles. The zero-order chi connectivity index (χ0) is 17.5. The van der Waals surface area contributed by atoms with Gasteiger partial charge in [-0.25, -0.2) is 4.39 Å². The molecule has 25 heavy (non-hydrogen) atoms. The molecule has 3 rings (SSSR count). The number of hydrogen-bond acceptors (Lipinski definition) is 2. The number of amides is 1. The van der Waals surface area contributed by atoms with Gasteiger partial charge in [-0.05, 0) is 62.0 Å². The molecule has 4 heteroatoms. The van der Waals surface area contributed by atoms with Crippen molar-refractivity contribution in [2.24, 2.45) is 0 Å². The maximum atomic E-state index is 13.2. The predicted octanol–water partition coefficient (Wildman–Crippen LogP) is 3.71. The summed E-state index contributed by atoms with van der Waals surface area (Å²) in [5.74, 6) is -0.146. The van der Waals surface area contributed by atoms with Gasteiger partial charge >= 0.3 is 0 Å². The van der Waals surface area contributed by atoms with Crippen LogP contribution in [0, 0.1) is 5.82 Å². The summed E-state index contributed by atoms with van der Waals surface area (Å²) >= 11 is 0. The summed E-state index contributed by atoms with van der Waals surface area (Å²) in [4.78, 5) is 15.0. The van der Waals surface area contributed by atoms with Crippen LogP contribution in [0.5, 0.6) is 0 Å². The number of rotatable bonds is 7. The number of hydrogen-bond donors (Lipinski definition) is 1. The van der Waals surface area contributed by atoms with Gasteiger partial charge < -0.3 is 5.32 Å². The molecule has 1 heterocycles. The number of carbonyl (C=O) groups is 1. The monoisotopic (exact) mass is 340 g/mol. The van der Waals surface area contributed by atoms with Crippen molar-refractivity contribution in [3.05, 3.63) is 71.5 Å². The Hall–Kier alpha value is -2.20. The number of carbonyl (C=O) groups excluding carboxylic acids is 1. The molecular formula is C21H25FN2O. The van der Waals surface area contributed by atoms with E-state index in [2.05, 4.69) is 10.2 Å². The van der Waals surface area contributed by atoms with E-state index < -0.39 is 0 Å². The molecule has 1 aliphatic heterocycles. The van der Waals surface area contributed by atoms with E-state index in [1.807, 2.05) is 36.4 Å². The SMILES string of the molecule is O=C(NCCCc1cccc(F)c1)C(c1ccccc1)N1CCCC1. The summed E-state index contributed by atoms with van der Waals surface area (Å²) in [7, 11) is 0. The quantitative estimate of drug-likeness (QED) is 0.779. The number of halogens is 1. The van der Waals surface area contributed by atoms with Gasteiger partial charge in [0.1, 0.15) is 11.9 Å². The van der Waals surface area contributed by atoms with Crippen LogP contribution < -0.4 is 5.32 Å². The van der Waals surface area contributed by atoms with Gasteiger partial charge in [0.25, 0.3) is 0 Å². The molecule has 1 unspecified atom stereocenters. The highest BCUT2D eigenvalue weighted by molar-refractivity contribution is 5.83. The molecule has 0 saturated carbocycles. The second-order valence-corrected chi connectivity index (χ2v) is 6.58. The number of nitrogens with zero attached hydrogens (tertiary/aromatic N) is 1. The maximum absolute atomic E-state index is 13.2. The molecule has 1 amide bonds. The Morgan fingerprint density at radius 1 is 1.08 bits per heavy atom. The highest BCUT2D eigenvalue weighted by Gasteiger charge is 2.29. The van der Waals surface area contributed by atoms with Gasteiger partial charge in [-0.15, -0.1) is 0 Å². The van der Waals surface area contributed by atoms with Gasteiger partial charge in [0.15, 0.2) is 0 Å². The lowest BCUT2D eigenvalue weighted by Gasteiger charge is -2.27. The van der Waals surface area contributed by atoms with E-state index >= 15 is 0 Å². The molecule has 1 saturated heterocycles. The second kappa shape index (κ2) is 8.77. The number of aryl methyl sites for hydroxylation is 1. The molecule has 0 bridgehead atoms. The average Bonchev–Trinajstić information content (AvgIpc) is 3.14. The Kier molecular flexibility index (Phi) is 6.18. The molecule has 0 spiro atoms. The third-order valence-corrected chi connectivity index (χ3v) is 4.70. The zero-order valence-electron chi connectivity index (χ0n) is 14.5. The van der Waals surface area contributed by atoms with E-state index in [1.54, 1.807) is 12.1 Å². The summed E-state index contributed by atoms with van der Waals surface area (Å²) in [5.41, 5.74) is 2.01. The second-order valence-electron chi connectivity index (χ2n) is 6.58. The lowest BCUT2D eigenvalue weighted by atomic mass is 10.0. The molecule has 1 N–H and O–H groups in total. The molecule has 2 aromatic carbocycles. The van der Waals surface area contributed by atoms with Crippen LogP contribution in [-0.4, -0.2) is 30.4 Å². The van der Waals surface area contributed by atoms with Gasteiger partial charge in [-0.3, -0.25) is 9.69 Å². The fraction of sp³-hybridized carbons (Fsp3) is 0.381. The smallest absolute Gasteiger partial charge is 0.241 e. The first-order valence-corrected chi connectivity index (χ1v) is 9.05. The molecule has 0 radical (unpaired) electrons. The first-order chi connectivity index (χ1) is 12.2. The van der Waals surface area contributed by atoms with Crippen molar-refractivity contribution in [1.29, 1.82) is 0 Å². The minimum atomic E-state index is -0.210. The van der Waals surface area contributed by atoms with E-state index in [-0.39, 0.29) is 17.8 Å². The summed E-state index contributed by atoms with van der Waals surface area (Å²) in [6.07, 6.45) is 3.86. The van der Waals surface area contributed by atoms with Crippen LogP contribution in [0.3, 0.4) is 0 Å². The molecule has 1 fully saturated rings. The molecule has 132 valence electrons. The van der Waals surface area contributed by atoms with Gasteiger partial charge in [0.2, 0.25) is 5.91 Å². The molecule has 3 nitrogen and oxygen atoms in total. The zero-order valence-corrected chi connectivity index (χ0v) is 14.5. The van der Waals surface area contributed by atoms with Crippen molar-refractivity contribution in [2.75, 3.05) is 19.6 Å². The Balaban J connectivity index is 1.55. The standard InChI is InChI=1S/C21H25FN2O/c22-19-12-6-8-17(16-19)9-7-13-23-21(25)20(24-14-4-5-15-24)18-10-2-1-3-11-18/h1-3,6,8,10-12,16,20H,4-5,7,9,13-15H2,(H,23,25). The minimum absolute atomic E-state index is 0.0624. The largest absolute Gasteiger partial charge is 0.354 e. The third-order valence-electron chi connectivity index (χ3n) is 4.70. The summed E-state index contributed by atoms with van der Waals surface area (Å²) in [6, 6.07) is 16.4. The van der Waals surface area contributed by atoms with Gasteiger partial charge in [-0.2, -0.15) is 0 Å². The van der Waals surface area contributed by atoms with Crippen LogP contribution in [0.15, 0.2) is 54.6 Å². The Morgan fingerprint density at radius 3 is 2.56 bits per heavy atom. The van der Waals surface area contributed by atoms with Crippen molar-refractivity contribution in [3.63, 3.8) is 0 Å². The summed E-state index contributed by atoms with van der Waals surface area (Å²) in [5, 5.41) is 3.07. The Morgan fingerprint density at radius 2 is 1.84 bits per heavy atom. The van der Waals surface area contributed by atoms with Crippen molar-refractivity contribution >= 4 is 5.91 Å². The van der Waals surface area contributed by atoms with E-state index in [0.717, 1.165) is 49.9 Å². The topological polar surface area (TPSA) is 32.3 Å². The van der Waals surface area contributed by atoms with Crippen molar-refractivity contribution < 1.29 is 9.18 Å². The number of likely N-dealkylation sites (tertiary alicyclic amines) is 1. The highest BCUT2D eigenvalue weighted by atomic mass is 19.1. The normalized spacial score (nSPS) is 15.9. The van der Waals surface area contributed by atoms with Crippen molar-refractivity contribution in [2.45, 2.75) is 31.7 Å². The Labute approximate surface area is 148 Å². The minimum Gasteiger partial charge on any atom is -0.354 e. The van der Waals surface area contributed by atoms with Crippen molar-refractivity contribution in [3.8, 4) is 0 Å². The van der Waals surface area contributed by atoms with E-state index in [1.165, 1.54) is 6.07 Å². The Bertz CT molecular complexity index is 683. The van der Waals surface area contributed by atoms with Gasteiger partial charge in [-0.1, -0.05) is 42.5 Å². The molecule has 0 aliphatic carbocycles. The fourth-order valence-electron chi connectivity index (χ4n) is 3.46. The predicted molar refractivity (Wildman–Crippen MR) is 97.7 cm³/mol. The molecule has 1 aliphatic rings. The lowest BCUT2D eigenvalue weighted by molar-refractivity contribution is -0.126. The average molecular weight is 340 g/mol. The van der Waals surface area contributed by atoms with E-state index in [0.29, 0.717) is 6.54 Å². The van der Waals surface area contributed by atoms with Crippen molar-refractivity contribution in [1.82, 2.24) is 10.2 Å². The molecular weight excluding hydrogens is 315 g/mol. The first kappa shape index (κ1) is 17.6. The van der Waals surface area contributed by atoms with Crippen LogP contribution in [0.4, 0.5) is 4.39 Å². The third kappa shape index (κ3) is 4.89. The van der Waals surface area contributed by atoms with E-state index in [9.17, 15) is 9.18 Å². The van der Waals surface area contributed by atoms with Crippen LogP contribution in [0.1, 0.15) is 36.4 Å². The van der Waals surface area contributed by atoms with E-state index in [4.69, 9.17) is 0 Å². The lowest BCUT2D eigenvalue weighted by Crippen LogP contribution is -2.39. The van der Waals surface area contributed by atoms with Crippen LogP contribution in [-0.2, 0) is 11.2 Å². The number of benzene rings is 2. The molecule has 2 aromatic rings. The first-order valence-electron chi connectivity index (χ1n) is 9.05. The van der Waals surface area contributed by atoms with Gasteiger partial charge in [0, 0.05) is 6.54 Å². The highest BCUT2D eigenvalue weighted by Crippen LogP contribution is 2.25. The molecule has 1 atom stereocenters. The summed E-state index contributed by atoms with van der Waals surface area (Å²) in [6.45, 7) is 2.54. The van der Waals surface area contributed by atoms with Crippen LogP contribution in [0.2, 0.25) is 0 Å².